The summed E-state index contributed by atoms with van der Waals surface area (Å²) in [6, 6.07) is 13.5. The fourth-order valence-corrected chi connectivity index (χ4v) is 3.39. The van der Waals surface area contributed by atoms with Crippen LogP contribution in [0.4, 0.5) is 5.69 Å². The van der Waals surface area contributed by atoms with Crippen molar-refractivity contribution >= 4 is 50.8 Å². The second-order valence-corrected chi connectivity index (χ2v) is 6.56. The third-order valence-electron chi connectivity index (χ3n) is 3.34. The number of aliphatic imine (C=N–C) groups is 1. The number of nitrogens with zero attached hydrogens (tertiary/aromatic N) is 2. The molecule has 0 bridgehead atoms. The summed E-state index contributed by atoms with van der Waals surface area (Å²) in [5.41, 5.74) is 8.03. The zero-order valence-electron chi connectivity index (χ0n) is 10.9. The summed E-state index contributed by atoms with van der Waals surface area (Å²) in [6.45, 7) is 0.578. The number of anilines is 1. The van der Waals surface area contributed by atoms with Crippen molar-refractivity contribution in [2.45, 2.75) is 6.04 Å². The summed E-state index contributed by atoms with van der Waals surface area (Å²) < 4.78 is 0.988. The zero-order valence-corrected chi connectivity index (χ0v) is 14.0. The first-order chi connectivity index (χ1) is 10.0. The molecule has 2 aromatic rings. The molecule has 1 aliphatic rings. The van der Waals surface area contributed by atoms with E-state index in [1.807, 2.05) is 41.3 Å². The van der Waals surface area contributed by atoms with Gasteiger partial charge in [-0.2, -0.15) is 0 Å². The molecule has 0 radical (unpaired) electrons. The normalized spacial score (nSPS) is 18.0. The highest BCUT2D eigenvalue weighted by Crippen LogP contribution is 2.34. The van der Waals surface area contributed by atoms with Crippen molar-refractivity contribution in [3.05, 3.63) is 62.5 Å². The standard InChI is InChI=1S/C15H12BrCl2N3/c16-10-2-1-3-13(6-10)21-14(8-20-15(21)19)9-4-11(17)7-12(18)5-9/h1-7,14H,8H2,(H2,19,20). The van der Waals surface area contributed by atoms with Crippen LogP contribution in [-0.2, 0) is 0 Å². The van der Waals surface area contributed by atoms with Gasteiger partial charge in [0.05, 0.1) is 12.6 Å². The van der Waals surface area contributed by atoms with Crippen molar-refractivity contribution in [1.29, 1.82) is 0 Å². The molecule has 6 heteroatoms. The second kappa shape index (κ2) is 5.87. The van der Waals surface area contributed by atoms with E-state index in [1.54, 1.807) is 6.07 Å². The van der Waals surface area contributed by atoms with Crippen molar-refractivity contribution in [2.24, 2.45) is 10.7 Å². The lowest BCUT2D eigenvalue weighted by atomic mass is 10.1. The first-order valence-electron chi connectivity index (χ1n) is 6.35. The van der Waals surface area contributed by atoms with Crippen LogP contribution in [0.5, 0.6) is 0 Å². The predicted molar refractivity (Wildman–Crippen MR) is 92.3 cm³/mol. The van der Waals surface area contributed by atoms with Gasteiger partial charge in [0.2, 0.25) is 0 Å². The lowest BCUT2D eigenvalue weighted by molar-refractivity contribution is 0.769. The van der Waals surface area contributed by atoms with E-state index in [-0.39, 0.29) is 6.04 Å². The van der Waals surface area contributed by atoms with Crippen LogP contribution in [0.25, 0.3) is 0 Å². The molecule has 3 rings (SSSR count). The maximum atomic E-state index is 6.10. The number of hydrogen-bond acceptors (Lipinski definition) is 3. The first-order valence-corrected chi connectivity index (χ1v) is 7.90. The molecule has 0 aliphatic carbocycles. The molecule has 2 N–H and O–H groups in total. The van der Waals surface area contributed by atoms with Gasteiger partial charge in [-0.15, -0.1) is 0 Å². The number of rotatable bonds is 2. The minimum Gasteiger partial charge on any atom is -0.369 e. The minimum absolute atomic E-state index is 0.00417. The summed E-state index contributed by atoms with van der Waals surface area (Å²) in [4.78, 5) is 6.35. The summed E-state index contributed by atoms with van der Waals surface area (Å²) in [6.07, 6.45) is 0. The van der Waals surface area contributed by atoms with E-state index >= 15 is 0 Å². The first kappa shape index (κ1) is 14.7. The molecular formula is C15H12BrCl2N3. The van der Waals surface area contributed by atoms with Crippen LogP contribution in [-0.4, -0.2) is 12.5 Å². The Morgan fingerprint density at radius 2 is 1.86 bits per heavy atom. The third-order valence-corrected chi connectivity index (χ3v) is 4.27. The topological polar surface area (TPSA) is 41.6 Å². The molecule has 3 nitrogen and oxygen atoms in total. The molecule has 0 spiro atoms. The van der Waals surface area contributed by atoms with Crippen LogP contribution in [0.2, 0.25) is 10.0 Å². The lowest BCUT2D eigenvalue weighted by Gasteiger charge is -2.27. The molecule has 0 fully saturated rings. The van der Waals surface area contributed by atoms with Gasteiger partial charge in [-0.25, -0.2) is 0 Å². The molecule has 0 saturated heterocycles. The van der Waals surface area contributed by atoms with E-state index in [9.17, 15) is 0 Å². The average molecular weight is 385 g/mol. The summed E-state index contributed by atoms with van der Waals surface area (Å²) in [5.74, 6) is 0.495. The van der Waals surface area contributed by atoms with E-state index in [4.69, 9.17) is 28.9 Å². The van der Waals surface area contributed by atoms with Crippen molar-refractivity contribution < 1.29 is 0 Å². The Balaban J connectivity index is 2.02. The van der Waals surface area contributed by atoms with E-state index in [1.165, 1.54) is 0 Å². The molecule has 21 heavy (non-hydrogen) atoms. The van der Waals surface area contributed by atoms with Gasteiger partial charge in [0.25, 0.3) is 0 Å². The molecule has 0 amide bonds. The quantitative estimate of drug-likeness (QED) is 0.819. The van der Waals surface area contributed by atoms with Crippen LogP contribution < -0.4 is 10.6 Å². The van der Waals surface area contributed by atoms with Gasteiger partial charge in [-0.3, -0.25) is 4.99 Å². The Labute approximate surface area is 141 Å². The van der Waals surface area contributed by atoms with E-state index in [0.717, 1.165) is 15.7 Å². The highest BCUT2D eigenvalue weighted by molar-refractivity contribution is 9.10. The van der Waals surface area contributed by atoms with Crippen LogP contribution in [0.3, 0.4) is 0 Å². The van der Waals surface area contributed by atoms with E-state index in [2.05, 4.69) is 20.9 Å². The third kappa shape index (κ3) is 3.03. The zero-order chi connectivity index (χ0) is 15.0. The van der Waals surface area contributed by atoms with Crippen LogP contribution in [0.1, 0.15) is 11.6 Å². The lowest BCUT2D eigenvalue weighted by Crippen LogP contribution is -2.36. The average Bonchev–Trinajstić information content (AvgIpc) is 2.79. The SMILES string of the molecule is NC1=NCC(c2cc(Cl)cc(Cl)c2)N1c1cccc(Br)c1. The molecular weight excluding hydrogens is 373 g/mol. The smallest absolute Gasteiger partial charge is 0.196 e. The summed E-state index contributed by atoms with van der Waals surface area (Å²) in [5, 5.41) is 1.22. The Hall–Kier alpha value is -1.23. The van der Waals surface area contributed by atoms with Crippen LogP contribution >= 0.6 is 39.1 Å². The molecule has 0 saturated carbocycles. The molecule has 108 valence electrons. The van der Waals surface area contributed by atoms with Gasteiger partial charge < -0.3 is 10.6 Å². The van der Waals surface area contributed by atoms with Crippen molar-refractivity contribution in [1.82, 2.24) is 0 Å². The van der Waals surface area contributed by atoms with Gasteiger partial charge in [-0.1, -0.05) is 45.2 Å². The van der Waals surface area contributed by atoms with Gasteiger partial charge in [0, 0.05) is 20.2 Å². The molecule has 1 atom stereocenters. The van der Waals surface area contributed by atoms with Crippen LogP contribution in [0, 0.1) is 0 Å². The maximum Gasteiger partial charge on any atom is 0.196 e. The van der Waals surface area contributed by atoms with Crippen molar-refractivity contribution in [3.8, 4) is 0 Å². The van der Waals surface area contributed by atoms with Crippen molar-refractivity contribution in [3.63, 3.8) is 0 Å². The molecule has 2 aromatic carbocycles. The van der Waals surface area contributed by atoms with E-state index < -0.39 is 0 Å². The van der Waals surface area contributed by atoms with Gasteiger partial charge in [-0.05, 0) is 42.0 Å². The molecule has 1 heterocycles. The molecule has 0 aromatic heterocycles. The monoisotopic (exact) mass is 383 g/mol. The Bertz CT molecular complexity index is 698. The largest absolute Gasteiger partial charge is 0.369 e. The molecule has 1 aliphatic heterocycles. The minimum atomic E-state index is -0.00417. The maximum absolute atomic E-state index is 6.10. The number of benzene rings is 2. The van der Waals surface area contributed by atoms with Gasteiger partial charge in [0.15, 0.2) is 5.96 Å². The Morgan fingerprint density at radius 3 is 2.52 bits per heavy atom. The Kier molecular flexibility index (Phi) is 4.11. The molecule has 1 unspecified atom stereocenters. The number of hydrogen-bond donors (Lipinski definition) is 1. The highest BCUT2D eigenvalue weighted by Gasteiger charge is 2.29. The number of guanidine groups is 1. The predicted octanol–water partition coefficient (Wildman–Crippen LogP) is 4.63. The fourth-order valence-electron chi connectivity index (χ4n) is 2.46. The second-order valence-electron chi connectivity index (χ2n) is 4.77. The number of nitrogens with two attached hydrogens (primary N) is 1. The Morgan fingerprint density at radius 1 is 1.14 bits per heavy atom. The summed E-state index contributed by atoms with van der Waals surface area (Å²) in [7, 11) is 0. The highest BCUT2D eigenvalue weighted by atomic mass is 79.9. The van der Waals surface area contributed by atoms with E-state index in [0.29, 0.717) is 22.5 Å². The fraction of sp³-hybridized carbons (Fsp3) is 0.133. The van der Waals surface area contributed by atoms with Gasteiger partial charge in [0.1, 0.15) is 0 Å². The van der Waals surface area contributed by atoms with Crippen LogP contribution in [0.15, 0.2) is 51.9 Å². The van der Waals surface area contributed by atoms with Crippen molar-refractivity contribution in [2.75, 3.05) is 11.4 Å². The summed E-state index contributed by atoms with van der Waals surface area (Å²) >= 11 is 15.7. The number of halogens is 3. The van der Waals surface area contributed by atoms with Gasteiger partial charge >= 0.3 is 0 Å².